The Bertz CT molecular complexity index is 588. The van der Waals surface area contributed by atoms with Crippen LogP contribution in [0.4, 0.5) is 5.82 Å². The molecule has 1 aliphatic rings. The molecule has 2 aromatic rings. The molecule has 1 aliphatic heterocycles. The zero-order valence-corrected chi connectivity index (χ0v) is 12.6. The molecule has 2 aromatic heterocycles. The Morgan fingerprint density at radius 3 is 2.85 bits per heavy atom. The Morgan fingerprint density at radius 1 is 1.20 bits per heavy atom. The third-order valence-corrected chi connectivity index (χ3v) is 3.78. The van der Waals surface area contributed by atoms with Gasteiger partial charge < -0.3 is 10.2 Å². The molecule has 5 heteroatoms. The predicted molar refractivity (Wildman–Crippen MR) is 81.4 cm³/mol. The van der Waals surface area contributed by atoms with Gasteiger partial charge in [-0.2, -0.15) is 5.10 Å². The number of anilines is 1. The van der Waals surface area contributed by atoms with Crippen LogP contribution in [0.1, 0.15) is 32.9 Å². The van der Waals surface area contributed by atoms with Crippen molar-refractivity contribution < 1.29 is 0 Å². The van der Waals surface area contributed by atoms with Gasteiger partial charge in [0.15, 0.2) is 5.82 Å². The second-order valence-electron chi connectivity index (χ2n) is 6.45. The van der Waals surface area contributed by atoms with Crippen molar-refractivity contribution >= 4 is 11.3 Å². The summed E-state index contributed by atoms with van der Waals surface area (Å²) in [6.07, 6.45) is 4.94. The number of rotatable bonds is 1. The second kappa shape index (κ2) is 5.05. The van der Waals surface area contributed by atoms with Gasteiger partial charge in [0.2, 0.25) is 0 Å². The average molecular weight is 273 g/mol. The lowest BCUT2D eigenvalue weighted by molar-refractivity contribution is 0.562. The summed E-state index contributed by atoms with van der Waals surface area (Å²) >= 11 is 0. The van der Waals surface area contributed by atoms with E-state index in [9.17, 15) is 0 Å². The van der Waals surface area contributed by atoms with Crippen molar-refractivity contribution in [3.05, 3.63) is 24.2 Å². The second-order valence-corrected chi connectivity index (χ2v) is 6.45. The minimum Gasteiger partial charge on any atom is -0.354 e. The normalized spacial score (nSPS) is 17.4. The Labute approximate surface area is 120 Å². The first-order valence-electron chi connectivity index (χ1n) is 7.36. The third-order valence-electron chi connectivity index (χ3n) is 3.78. The molecule has 0 aromatic carbocycles. The fraction of sp³-hybridized carbons (Fsp3) is 0.600. The third kappa shape index (κ3) is 2.50. The van der Waals surface area contributed by atoms with Crippen LogP contribution in [0.5, 0.6) is 0 Å². The zero-order valence-electron chi connectivity index (χ0n) is 12.6. The van der Waals surface area contributed by atoms with Crippen molar-refractivity contribution in [3.8, 4) is 0 Å². The predicted octanol–water partition coefficient (Wildman–Crippen LogP) is 1.83. The largest absolute Gasteiger partial charge is 0.354 e. The molecule has 20 heavy (non-hydrogen) atoms. The number of fused-ring (bicyclic) bond motifs is 1. The van der Waals surface area contributed by atoms with E-state index in [-0.39, 0.29) is 5.41 Å². The van der Waals surface area contributed by atoms with Crippen molar-refractivity contribution in [2.75, 3.05) is 31.1 Å². The average Bonchev–Trinajstić information content (AvgIpc) is 2.67. The summed E-state index contributed by atoms with van der Waals surface area (Å²) in [4.78, 5) is 6.97. The first-order chi connectivity index (χ1) is 9.55. The van der Waals surface area contributed by atoms with Gasteiger partial charge >= 0.3 is 0 Å². The lowest BCUT2D eigenvalue weighted by Crippen LogP contribution is -2.29. The van der Waals surface area contributed by atoms with Gasteiger partial charge in [-0.15, -0.1) is 0 Å². The minimum atomic E-state index is 0.0592. The Hall–Kier alpha value is -1.62. The molecule has 3 heterocycles. The molecule has 0 spiro atoms. The summed E-state index contributed by atoms with van der Waals surface area (Å²) in [7, 11) is 0. The molecule has 3 rings (SSSR count). The van der Waals surface area contributed by atoms with Gasteiger partial charge in [0.25, 0.3) is 0 Å². The fourth-order valence-electron chi connectivity index (χ4n) is 2.58. The van der Waals surface area contributed by atoms with Gasteiger partial charge in [0.1, 0.15) is 5.52 Å². The van der Waals surface area contributed by atoms with Crippen LogP contribution in [0.15, 0.2) is 18.5 Å². The number of aromatic nitrogens is 3. The molecule has 0 atom stereocenters. The maximum absolute atomic E-state index is 4.70. The van der Waals surface area contributed by atoms with Crippen LogP contribution in [0.2, 0.25) is 0 Å². The molecular formula is C15H23N5. The van der Waals surface area contributed by atoms with E-state index in [4.69, 9.17) is 5.10 Å². The molecule has 1 saturated heterocycles. The van der Waals surface area contributed by atoms with Gasteiger partial charge in [0.05, 0.1) is 5.69 Å². The van der Waals surface area contributed by atoms with Crippen LogP contribution in [0.3, 0.4) is 0 Å². The molecule has 1 fully saturated rings. The first-order valence-corrected chi connectivity index (χ1v) is 7.36. The molecule has 5 nitrogen and oxygen atoms in total. The highest BCUT2D eigenvalue weighted by molar-refractivity contribution is 5.69. The van der Waals surface area contributed by atoms with Crippen LogP contribution in [0.25, 0.3) is 5.52 Å². The van der Waals surface area contributed by atoms with Gasteiger partial charge in [-0.05, 0) is 19.0 Å². The van der Waals surface area contributed by atoms with E-state index in [0.717, 1.165) is 49.6 Å². The summed E-state index contributed by atoms with van der Waals surface area (Å²) in [5.74, 6) is 1.05. The highest BCUT2D eigenvalue weighted by Crippen LogP contribution is 2.26. The standard InChI is InChI=1S/C15H23N5/c1-15(2,3)13-11-12-14(17-7-10-20(12)18-13)19-8-4-5-16-6-9-19/h7,10-11,16H,4-6,8-9H2,1-3H3. The highest BCUT2D eigenvalue weighted by atomic mass is 15.3. The maximum atomic E-state index is 4.70. The summed E-state index contributed by atoms with van der Waals surface area (Å²) in [6, 6.07) is 2.18. The van der Waals surface area contributed by atoms with E-state index in [1.165, 1.54) is 0 Å². The molecular weight excluding hydrogens is 250 g/mol. The van der Waals surface area contributed by atoms with Crippen LogP contribution in [0, 0.1) is 0 Å². The minimum absolute atomic E-state index is 0.0592. The molecule has 0 amide bonds. The van der Waals surface area contributed by atoms with E-state index in [1.54, 1.807) is 0 Å². The monoisotopic (exact) mass is 273 g/mol. The molecule has 0 bridgehead atoms. The number of hydrogen-bond donors (Lipinski definition) is 1. The van der Waals surface area contributed by atoms with Crippen molar-refractivity contribution in [2.24, 2.45) is 0 Å². The van der Waals surface area contributed by atoms with Crippen molar-refractivity contribution in [2.45, 2.75) is 32.6 Å². The van der Waals surface area contributed by atoms with E-state index < -0.39 is 0 Å². The van der Waals surface area contributed by atoms with Gasteiger partial charge in [-0.3, -0.25) is 0 Å². The van der Waals surface area contributed by atoms with Crippen molar-refractivity contribution in [1.29, 1.82) is 0 Å². The maximum Gasteiger partial charge on any atom is 0.154 e. The topological polar surface area (TPSA) is 45.5 Å². The van der Waals surface area contributed by atoms with E-state index in [0.29, 0.717) is 0 Å². The molecule has 0 aliphatic carbocycles. The fourth-order valence-corrected chi connectivity index (χ4v) is 2.58. The van der Waals surface area contributed by atoms with Crippen LogP contribution in [-0.2, 0) is 5.41 Å². The highest BCUT2D eigenvalue weighted by Gasteiger charge is 2.21. The molecule has 108 valence electrons. The Kier molecular flexibility index (Phi) is 3.38. The van der Waals surface area contributed by atoms with Crippen molar-refractivity contribution in [1.82, 2.24) is 19.9 Å². The van der Waals surface area contributed by atoms with Crippen LogP contribution >= 0.6 is 0 Å². The van der Waals surface area contributed by atoms with E-state index in [2.05, 4.69) is 42.0 Å². The summed E-state index contributed by atoms with van der Waals surface area (Å²) in [5, 5.41) is 8.13. The SMILES string of the molecule is CC(C)(C)c1cc2c(N3CCCNCC3)nccn2n1. The first kappa shape index (κ1) is 13.4. The molecule has 0 radical (unpaired) electrons. The number of hydrogen-bond acceptors (Lipinski definition) is 4. The van der Waals surface area contributed by atoms with Crippen LogP contribution < -0.4 is 10.2 Å². The lowest BCUT2D eigenvalue weighted by Gasteiger charge is -2.21. The summed E-state index contributed by atoms with van der Waals surface area (Å²) in [6.45, 7) is 10.7. The smallest absolute Gasteiger partial charge is 0.154 e. The summed E-state index contributed by atoms with van der Waals surface area (Å²) in [5.41, 5.74) is 2.28. The van der Waals surface area contributed by atoms with E-state index in [1.807, 2.05) is 16.9 Å². The molecule has 1 N–H and O–H groups in total. The van der Waals surface area contributed by atoms with Crippen molar-refractivity contribution in [3.63, 3.8) is 0 Å². The molecule has 0 unspecified atom stereocenters. The van der Waals surface area contributed by atoms with Crippen LogP contribution in [-0.4, -0.2) is 40.8 Å². The van der Waals surface area contributed by atoms with Gasteiger partial charge in [-0.1, -0.05) is 20.8 Å². The molecule has 0 saturated carbocycles. The lowest BCUT2D eigenvalue weighted by atomic mass is 9.92. The Balaban J connectivity index is 2.04. The number of nitrogens with one attached hydrogen (secondary N) is 1. The summed E-state index contributed by atoms with van der Waals surface area (Å²) < 4.78 is 1.96. The van der Waals surface area contributed by atoms with E-state index >= 15 is 0 Å². The number of nitrogens with zero attached hydrogens (tertiary/aromatic N) is 4. The quantitative estimate of drug-likeness (QED) is 0.861. The zero-order chi connectivity index (χ0) is 14.2. The van der Waals surface area contributed by atoms with Gasteiger partial charge in [-0.25, -0.2) is 9.50 Å². The van der Waals surface area contributed by atoms with Gasteiger partial charge in [0, 0.05) is 37.4 Å². The Morgan fingerprint density at radius 2 is 2.05 bits per heavy atom.